The highest BCUT2D eigenvalue weighted by atomic mass is 32.1. The van der Waals surface area contributed by atoms with Gasteiger partial charge < -0.3 is 5.11 Å². The number of rotatable bonds is 3. The normalized spacial score (nSPS) is 12.2. The van der Waals surface area contributed by atoms with E-state index in [-0.39, 0.29) is 5.82 Å². The van der Waals surface area contributed by atoms with Crippen LogP contribution in [0.2, 0.25) is 0 Å². The van der Waals surface area contributed by atoms with Crippen LogP contribution in [-0.2, 0) is 4.79 Å². The Morgan fingerprint density at radius 1 is 1.42 bits per heavy atom. The molecular formula is C13H13FN2O2S. The van der Waals surface area contributed by atoms with Crippen LogP contribution in [0.5, 0.6) is 0 Å². The van der Waals surface area contributed by atoms with Crippen LogP contribution in [0.1, 0.15) is 11.8 Å². The van der Waals surface area contributed by atoms with Gasteiger partial charge in [0.05, 0.1) is 5.69 Å². The van der Waals surface area contributed by atoms with Crippen molar-refractivity contribution >= 4 is 22.4 Å². The van der Waals surface area contributed by atoms with Gasteiger partial charge in [-0.1, -0.05) is 0 Å². The molecule has 6 heteroatoms. The van der Waals surface area contributed by atoms with Crippen LogP contribution in [0, 0.1) is 12.7 Å². The van der Waals surface area contributed by atoms with E-state index in [1.807, 2.05) is 6.92 Å². The van der Waals surface area contributed by atoms with Crippen LogP contribution in [0.25, 0.3) is 11.3 Å². The molecule has 100 valence electrons. The van der Waals surface area contributed by atoms with Crippen LogP contribution in [0.15, 0.2) is 24.3 Å². The van der Waals surface area contributed by atoms with E-state index in [4.69, 9.17) is 5.11 Å². The van der Waals surface area contributed by atoms with Crippen molar-refractivity contribution in [1.82, 2.24) is 4.98 Å². The Hall–Kier alpha value is -1.79. The zero-order valence-corrected chi connectivity index (χ0v) is 11.3. The van der Waals surface area contributed by atoms with Crippen molar-refractivity contribution in [3.05, 3.63) is 35.0 Å². The van der Waals surface area contributed by atoms with Crippen molar-refractivity contribution in [2.24, 2.45) is 0 Å². The first-order valence-corrected chi connectivity index (χ1v) is 6.51. The van der Waals surface area contributed by atoms with Gasteiger partial charge in [0.2, 0.25) is 0 Å². The molecule has 1 heterocycles. The molecule has 4 nitrogen and oxygen atoms in total. The molecule has 1 amide bonds. The molecule has 0 bridgehead atoms. The third kappa shape index (κ3) is 3.15. The van der Waals surface area contributed by atoms with Crippen molar-refractivity contribution < 1.29 is 14.3 Å². The number of benzene rings is 1. The number of nitrogens with zero attached hydrogens (tertiary/aromatic N) is 1. The minimum absolute atomic E-state index is 0.306. The summed E-state index contributed by atoms with van der Waals surface area (Å²) < 4.78 is 12.9. The number of nitrogens with one attached hydrogen (secondary N) is 1. The number of aliphatic hydroxyl groups is 1. The predicted octanol–water partition coefficient (Wildman–Crippen LogP) is 2.58. The molecule has 0 saturated heterocycles. The second-order valence-electron chi connectivity index (χ2n) is 4.10. The molecule has 0 fully saturated rings. The maximum absolute atomic E-state index is 12.9. The highest BCUT2D eigenvalue weighted by Gasteiger charge is 2.14. The molecule has 1 atom stereocenters. The summed E-state index contributed by atoms with van der Waals surface area (Å²) in [6, 6.07) is 6.00. The summed E-state index contributed by atoms with van der Waals surface area (Å²) in [5.74, 6) is -0.807. The number of aromatic nitrogens is 1. The van der Waals surface area contributed by atoms with Crippen molar-refractivity contribution in [1.29, 1.82) is 0 Å². The number of anilines is 1. The second-order valence-corrected chi connectivity index (χ2v) is 5.30. The van der Waals surface area contributed by atoms with Crippen LogP contribution in [-0.4, -0.2) is 22.1 Å². The number of aryl methyl sites for hydroxylation is 1. The van der Waals surface area contributed by atoms with Gasteiger partial charge in [-0.15, -0.1) is 11.3 Å². The number of hydrogen-bond acceptors (Lipinski definition) is 4. The van der Waals surface area contributed by atoms with E-state index < -0.39 is 12.0 Å². The molecule has 0 spiro atoms. The first-order valence-electron chi connectivity index (χ1n) is 5.69. The summed E-state index contributed by atoms with van der Waals surface area (Å²) in [4.78, 5) is 16.6. The van der Waals surface area contributed by atoms with Crippen LogP contribution in [0.4, 0.5) is 9.52 Å². The van der Waals surface area contributed by atoms with Gasteiger partial charge >= 0.3 is 0 Å². The minimum Gasteiger partial charge on any atom is -0.384 e. The standard InChI is InChI=1S/C13H13FN2O2S/c1-7(17)12(18)16-13-15-11(8(2)19-13)9-3-5-10(14)6-4-9/h3-7,17H,1-2H3,(H,15,16,18). The van der Waals surface area contributed by atoms with Crippen LogP contribution >= 0.6 is 11.3 Å². The Labute approximate surface area is 113 Å². The molecule has 19 heavy (non-hydrogen) atoms. The van der Waals surface area contributed by atoms with Gasteiger partial charge in [0.15, 0.2) is 5.13 Å². The third-order valence-electron chi connectivity index (χ3n) is 2.52. The summed E-state index contributed by atoms with van der Waals surface area (Å²) in [7, 11) is 0. The summed E-state index contributed by atoms with van der Waals surface area (Å²) in [5.41, 5.74) is 1.48. The maximum Gasteiger partial charge on any atom is 0.254 e. The predicted molar refractivity (Wildman–Crippen MR) is 72.6 cm³/mol. The first kappa shape index (κ1) is 13.6. The molecular weight excluding hydrogens is 267 g/mol. The van der Waals surface area contributed by atoms with Crippen molar-refractivity contribution in [2.45, 2.75) is 20.0 Å². The van der Waals surface area contributed by atoms with E-state index in [0.717, 1.165) is 10.4 Å². The van der Waals surface area contributed by atoms with E-state index in [2.05, 4.69) is 10.3 Å². The Balaban J connectivity index is 2.26. The summed E-state index contributed by atoms with van der Waals surface area (Å²) in [5, 5.41) is 12.1. The van der Waals surface area contributed by atoms with Crippen LogP contribution < -0.4 is 5.32 Å². The monoisotopic (exact) mass is 280 g/mol. The number of carbonyl (C=O) groups excluding carboxylic acids is 1. The van der Waals surface area contributed by atoms with Gasteiger partial charge in [0, 0.05) is 10.4 Å². The lowest BCUT2D eigenvalue weighted by atomic mass is 10.1. The Kier molecular flexibility index (Phi) is 3.92. The molecule has 2 aromatic rings. The number of halogens is 1. The molecule has 0 saturated carbocycles. The van der Waals surface area contributed by atoms with E-state index >= 15 is 0 Å². The average Bonchev–Trinajstić information content (AvgIpc) is 2.71. The molecule has 2 rings (SSSR count). The van der Waals surface area contributed by atoms with E-state index in [1.54, 1.807) is 12.1 Å². The highest BCUT2D eigenvalue weighted by molar-refractivity contribution is 7.16. The van der Waals surface area contributed by atoms with Gasteiger partial charge in [0.1, 0.15) is 11.9 Å². The average molecular weight is 280 g/mol. The SMILES string of the molecule is Cc1sc(NC(=O)C(C)O)nc1-c1ccc(F)cc1. The van der Waals surface area contributed by atoms with Crippen molar-refractivity contribution in [3.8, 4) is 11.3 Å². The Bertz CT molecular complexity index is 593. The fraction of sp³-hybridized carbons (Fsp3) is 0.231. The molecule has 0 radical (unpaired) electrons. The van der Waals surface area contributed by atoms with Gasteiger partial charge in [-0.3, -0.25) is 10.1 Å². The quantitative estimate of drug-likeness (QED) is 0.908. The number of carbonyl (C=O) groups is 1. The lowest BCUT2D eigenvalue weighted by Crippen LogP contribution is -2.24. The largest absolute Gasteiger partial charge is 0.384 e. The second kappa shape index (κ2) is 5.46. The first-order chi connectivity index (χ1) is 8.97. The molecule has 0 aliphatic heterocycles. The number of hydrogen-bond donors (Lipinski definition) is 2. The van der Waals surface area contributed by atoms with Gasteiger partial charge in [-0.05, 0) is 38.1 Å². The van der Waals surface area contributed by atoms with E-state index in [0.29, 0.717) is 10.8 Å². The number of aliphatic hydroxyl groups excluding tert-OH is 1. The highest BCUT2D eigenvalue weighted by Crippen LogP contribution is 2.30. The zero-order valence-electron chi connectivity index (χ0n) is 10.5. The smallest absolute Gasteiger partial charge is 0.254 e. The van der Waals surface area contributed by atoms with E-state index in [9.17, 15) is 9.18 Å². The fourth-order valence-corrected chi connectivity index (χ4v) is 2.37. The van der Waals surface area contributed by atoms with Gasteiger partial charge in [0.25, 0.3) is 5.91 Å². The van der Waals surface area contributed by atoms with Crippen molar-refractivity contribution in [3.63, 3.8) is 0 Å². The number of amides is 1. The Morgan fingerprint density at radius 2 is 2.05 bits per heavy atom. The molecule has 1 aromatic carbocycles. The lowest BCUT2D eigenvalue weighted by molar-refractivity contribution is -0.123. The summed E-state index contributed by atoms with van der Waals surface area (Å²) in [6.07, 6.45) is -1.08. The fourth-order valence-electron chi connectivity index (χ4n) is 1.54. The molecule has 0 aliphatic rings. The summed E-state index contributed by atoms with van der Waals surface area (Å²) >= 11 is 1.31. The van der Waals surface area contributed by atoms with Gasteiger partial charge in [-0.25, -0.2) is 9.37 Å². The minimum atomic E-state index is -1.08. The molecule has 2 N–H and O–H groups in total. The van der Waals surface area contributed by atoms with Gasteiger partial charge in [-0.2, -0.15) is 0 Å². The molecule has 1 aromatic heterocycles. The van der Waals surface area contributed by atoms with E-state index in [1.165, 1.54) is 30.4 Å². The van der Waals surface area contributed by atoms with Crippen molar-refractivity contribution in [2.75, 3.05) is 5.32 Å². The third-order valence-corrected chi connectivity index (χ3v) is 3.41. The molecule has 1 unspecified atom stereocenters. The summed E-state index contributed by atoms with van der Waals surface area (Å²) in [6.45, 7) is 3.26. The Morgan fingerprint density at radius 3 is 2.63 bits per heavy atom. The number of thiazole rings is 1. The maximum atomic E-state index is 12.9. The lowest BCUT2D eigenvalue weighted by Gasteiger charge is -2.02. The zero-order chi connectivity index (χ0) is 14.0. The topological polar surface area (TPSA) is 62.2 Å². The van der Waals surface area contributed by atoms with Crippen LogP contribution in [0.3, 0.4) is 0 Å². The molecule has 0 aliphatic carbocycles.